The first-order chi connectivity index (χ1) is 14.1. The largest absolute Gasteiger partial charge is 0.321 e. The highest BCUT2D eigenvalue weighted by molar-refractivity contribution is 6.30. The number of carbonyl (C=O) groups is 1. The number of nitrogens with zero attached hydrogens (tertiary/aromatic N) is 1. The van der Waals surface area contributed by atoms with Crippen LogP contribution in [0, 0.1) is 0 Å². The van der Waals surface area contributed by atoms with E-state index in [1.54, 1.807) is 0 Å². The van der Waals surface area contributed by atoms with Crippen LogP contribution < -0.4 is 0 Å². The van der Waals surface area contributed by atoms with E-state index >= 15 is 0 Å². The third kappa shape index (κ3) is 2.75. The van der Waals surface area contributed by atoms with Gasteiger partial charge in [0.05, 0.1) is 5.54 Å². The van der Waals surface area contributed by atoms with Crippen molar-refractivity contribution in [2.24, 2.45) is 0 Å². The van der Waals surface area contributed by atoms with Gasteiger partial charge in [-0.05, 0) is 52.6 Å². The van der Waals surface area contributed by atoms with Gasteiger partial charge in [0.2, 0.25) is 0 Å². The Morgan fingerprint density at radius 3 is 2.34 bits per heavy atom. The maximum atomic E-state index is 13.5. The summed E-state index contributed by atoms with van der Waals surface area (Å²) in [5, 5.41) is 3.05. The molecular weight excluding hydrogens is 378 g/mol. The van der Waals surface area contributed by atoms with E-state index in [2.05, 4.69) is 43.3 Å². The lowest BCUT2D eigenvalue weighted by atomic mass is 9.84. The molecule has 0 aliphatic carbocycles. The average molecular weight is 398 g/mol. The van der Waals surface area contributed by atoms with Gasteiger partial charge < -0.3 is 4.90 Å². The topological polar surface area (TPSA) is 20.3 Å². The quantitative estimate of drug-likeness (QED) is 0.391. The minimum Gasteiger partial charge on any atom is -0.321 e. The zero-order chi connectivity index (χ0) is 20.0. The second-order valence-electron chi connectivity index (χ2n) is 7.65. The van der Waals surface area contributed by atoms with Gasteiger partial charge in [-0.25, -0.2) is 0 Å². The van der Waals surface area contributed by atoms with E-state index in [0.717, 1.165) is 22.3 Å². The van der Waals surface area contributed by atoms with Gasteiger partial charge in [-0.3, -0.25) is 4.79 Å². The van der Waals surface area contributed by atoms with Crippen LogP contribution in [0.15, 0.2) is 91.0 Å². The van der Waals surface area contributed by atoms with E-state index in [1.807, 2.05) is 59.5 Å². The number of rotatable bonds is 3. The van der Waals surface area contributed by atoms with Gasteiger partial charge in [0.25, 0.3) is 5.91 Å². The lowest BCUT2D eigenvalue weighted by Gasteiger charge is -2.37. The second-order valence-corrected chi connectivity index (χ2v) is 8.09. The SMILES string of the molecule is CC1(c2ccc(Cl)cc2)c2ccccc2C(=O)N1Cc1cccc2ccccc12. The zero-order valence-corrected chi connectivity index (χ0v) is 16.9. The van der Waals surface area contributed by atoms with Crippen molar-refractivity contribution in [2.45, 2.75) is 19.0 Å². The van der Waals surface area contributed by atoms with Crippen LogP contribution >= 0.6 is 11.6 Å². The highest BCUT2D eigenvalue weighted by Crippen LogP contribution is 2.45. The van der Waals surface area contributed by atoms with Crippen LogP contribution in [0.25, 0.3) is 10.8 Å². The van der Waals surface area contributed by atoms with Crippen molar-refractivity contribution < 1.29 is 4.79 Å². The fraction of sp³-hybridized carbons (Fsp3) is 0.115. The summed E-state index contributed by atoms with van der Waals surface area (Å²) < 4.78 is 0. The molecule has 1 atom stereocenters. The number of benzene rings is 4. The molecule has 0 fully saturated rings. The molecule has 0 spiro atoms. The molecular formula is C26H20ClNO. The fourth-order valence-electron chi connectivity index (χ4n) is 4.50. The minimum atomic E-state index is -0.560. The van der Waals surface area contributed by atoms with Crippen molar-refractivity contribution >= 4 is 28.3 Å². The molecule has 2 nitrogen and oxygen atoms in total. The first kappa shape index (κ1) is 18.0. The zero-order valence-electron chi connectivity index (χ0n) is 16.1. The van der Waals surface area contributed by atoms with Crippen molar-refractivity contribution in [3.05, 3.63) is 118 Å². The Balaban J connectivity index is 1.68. The summed E-state index contributed by atoms with van der Waals surface area (Å²) in [5.41, 5.74) is 3.44. The summed E-state index contributed by atoms with van der Waals surface area (Å²) >= 11 is 6.14. The van der Waals surface area contributed by atoms with Gasteiger partial charge in [-0.15, -0.1) is 0 Å². The number of amides is 1. The van der Waals surface area contributed by atoms with Gasteiger partial charge in [0.15, 0.2) is 0 Å². The predicted molar refractivity (Wildman–Crippen MR) is 118 cm³/mol. The Morgan fingerprint density at radius 2 is 1.52 bits per heavy atom. The van der Waals surface area contributed by atoms with E-state index in [-0.39, 0.29) is 5.91 Å². The van der Waals surface area contributed by atoms with Gasteiger partial charge in [-0.2, -0.15) is 0 Å². The van der Waals surface area contributed by atoms with Crippen molar-refractivity contribution in [2.75, 3.05) is 0 Å². The Bertz CT molecular complexity index is 1230. The Kier molecular flexibility index (Phi) is 4.18. The summed E-state index contributed by atoms with van der Waals surface area (Å²) in [7, 11) is 0. The van der Waals surface area contributed by atoms with Crippen LogP contribution in [0.1, 0.15) is 34.0 Å². The molecule has 3 heteroatoms. The van der Waals surface area contributed by atoms with Crippen LogP contribution in [0.5, 0.6) is 0 Å². The van der Waals surface area contributed by atoms with Crippen LogP contribution in [-0.2, 0) is 12.1 Å². The molecule has 1 unspecified atom stereocenters. The molecule has 1 aliphatic rings. The van der Waals surface area contributed by atoms with Gasteiger partial charge in [0.1, 0.15) is 0 Å². The average Bonchev–Trinajstić information content (AvgIpc) is 2.97. The fourth-order valence-corrected chi connectivity index (χ4v) is 4.63. The summed E-state index contributed by atoms with van der Waals surface area (Å²) in [5.74, 6) is 0.0611. The third-order valence-corrected chi connectivity index (χ3v) is 6.33. The minimum absolute atomic E-state index is 0.0611. The number of hydrogen-bond donors (Lipinski definition) is 0. The third-order valence-electron chi connectivity index (χ3n) is 6.08. The molecule has 4 aromatic rings. The van der Waals surface area contributed by atoms with Crippen molar-refractivity contribution in [3.63, 3.8) is 0 Å². The molecule has 29 heavy (non-hydrogen) atoms. The molecule has 1 amide bonds. The Labute approximate surface area is 175 Å². The molecule has 5 rings (SSSR count). The molecule has 0 bridgehead atoms. The number of carbonyl (C=O) groups excluding carboxylic acids is 1. The van der Waals surface area contributed by atoms with Crippen molar-refractivity contribution in [3.8, 4) is 0 Å². The predicted octanol–water partition coefficient (Wildman–Crippen LogP) is 6.41. The monoisotopic (exact) mass is 397 g/mol. The van der Waals surface area contributed by atoms with E-state index < -0.39 is 5.54 Å². The Morgan fingerprint density at radius 1 is 0.828 bits per heavy atom. The molecule has 0 saturated heterocycles. The van der Waals surface area contributed by atoms with Gasteiger partial charge in [0, 0.05) is 17.1 Å². The lowest BCUT2D eigenvalue weighted by molar-refractivity contribution is 0.0631. The normalized spacial score (nSPS) is 18.3. The molecule has 142 valence electrons. The van der Waals surface area contributed by atoms with E-state index in [1.165, 1.54) is 10.8 Å². The molecule has 1 aliphatic heterocycles. The molecule has 1 heterocycles. The molecule has 0 N–H and O–H groups in total. The van der Waals surface area contributed by atoms with Crippen LogP contribution in [0.4, 0.5) is 0 Å². The van der Waals surface area contributed by atoms with E-state index in [4.69, 9.17) is 11.6 Å². The molecule has 4 aromatic carbocycles. The van der Waals surface area contributed by atoms with Crippen molar-refractivity contribution in [1.29, 1.82) is 0 Å². The van der Waals surface area contributed by atoms with Crippen LogP contribution in [0.2, 0.25) is 5.02 Å². The second kappa shape index (κ2) is 6.75. The van der Waals surface area contributed by atoms with Gasteiger partial charge in [-0.1, -0.05) is 84.4 Å². The first-order valence-corrected chi connectivity index (χ1v) is 10.1. The summed E-state index contributed by atoms with van der Waals surface area (Å²) in [4.78, 5) is 15.5. The van der Waals surface area contributed by atoms with Crippen LogP contribution in [-0.4, -0.2) is 10.8 Å². The van der Waals surface area contributed by atoms with Crippen molar-refractivity contribution in [1.82, 2.24) is 4.90 Å². The van der Waals surface area contributed by atoms with Gasteiger partial charge >= 0.3 is 0 Å². The van der Waals surface area contributed by atoms with E-state index in [0.29, 0.717) is 11.6 Å². The summed E-state index contributed by atoms with van der Waals surface area (Å²) in [6, 6.07) is 30.3. The summed E-state index contributed by atoms with van der Waals surface area (Å²) in [6.07, 6.45) is 0. The van der Waals surface area contributed by atoms with Crippen LogP contribution in [0.3, 0.4) is 0 Å². The smallest absolute Gasteiger partial charge is 0.255 e. The number of hydrogen-bond acceptors (Lipinski definition) is 1. The molecule has 0 radical (unpaired) electrons. The highest BCUT2D eigenvalue weighted by atomic mass is 35.5. The molecule has 0 aromatic heterocycles. The van der Waals surface area contributed by atoms with E-state index in [9.17, 15) is 4.79 Å². The maximum absolute atomic E-state index is 13.5. The highest BCUT2D eigenvalue weighted by Gasteiger charge is 2.47. The maximum Gasteiger partial charge on any atom is 0.255 e. The standard InChI is InChI=1S/C26H20ClNO/c1-26(20-13-15-21(27)16-14-20)24-12-5-4-11-23(24)25(29)28(26)17-19-9-6-8-18-7-2-3-10-22(18)19/h2-16H,17H2,1H3. The Hall–Kier alpha value is -3.10. The number of fused-ring (bicyclic) bond motifs is 2. The number of halogens is 1. The first-order valence-electron chi connectivity index (χ1n) is 9.73. The lowest BCUT2D eigenvalue weighted by Crippen LogP contribution is -2.41. The summed E-state index contributed by atoms with van der Waals surface area (Å²) in [6.45, 7) is 2.67. The molecule has 0 saturated carbocycles.